The molecule has 1 aliphatic heterocycles. The zero-order chi connectivity index (χ0) is 15.3. The van der Waals surface area contributed by atoms with E-state index in [2.05, 4.69) is 5.32 Å². The summed E-state index contributed by atoms with van der Waals surface area (Å²) >= 11 is 0. The minimum absolute atomic E-state index is 0.0237. The van der Waals surface area contributed by atoms with Gasteiger partial charge >= 0.3 is 12.1 Å². The third-order valence-electron chi connectivity index (χ3n) is 3.25. The largest absolute Gasteiger partial charge is 0.471 e. The second-order valence-corrected chi connectivity index (χ2v) is 5.16. The van der Waals surface area contributed by atoms with Crippen molar-refractivity contribution in [1.82, 2.24) is 15.1 Å². The molecule has 20 heavy (non-hydrogen) atoms. The number of carbonyl (C=O) groups excluding carboxylic acids is 2. The predicted octanol–water partition coefficient (Wildman–Crippen LogP) is 0.465. The van der Waals surface area contributed by atoms with Crippen molar-refractivity contribution in [2.45, 2.75) is 19.0 Å². The highest BCUT2D eigenvalue weighted by atomic mass is 19.4. The summed E-state index contributed by atoms with van der Waals surface area (Å²) in [6, 6.07) is 0. The van der Waals surface area contributed by atoms with Gasteiger partial charge in [-0.25, -0.2) is 0 Å². The molecule has 0 radical (unpaired) electrons. The van der Waals surface area contributed by atoms with E-state index in [1.807, 2.05) is 19.0 Å². The number of alkyl halides is 3. The van der Waals surface area contributed by atoms with Crippen LogP contribution in [0.4, 0.5) is 13.2 Å². The lowest BCUT2D eigenvalue weighted by molar-refractivity contribution is -0.186. The molecule has 0 aliphatic carbocycles. The highest BCUT2D eigenvalue weighted by molar-refractivity contribution is 5.83. The average Bonchev–Trinajstić information content (AvgIpc) is 2.36. The van der Waals surface area contributed by atoms with Crippen LogP contribution in [0.1, 0.15) is 12.8 Å². The van der Waals surface area contributed by atoms with Crippen LogP contribution in [-0.2, 0) is 9.59 Å². The molecule has 1 heterocycles. The first-order valence-electron chi connectivity index (χ1n) is 6.50. The minimum atomic E-state index is -4.83. The van der Waals surface area contributed by atoms with Crippen molar-refractivity contribution in [2.24, 2.45) is 5.92 Å². The SMILES string of the molecule is CN(C)CCNC(=O)C1CCN(C(=O)C(F)(F)F)CC1. The van der Waals surface area contributed by atoms with Gasteiger partial charge in [-0.15, -0.1) is 0 Å². The van der Waals surface area contributed by atoms with E-state index < -0.39 is 12.1 Å². The van der Waals surface area contributed by atoms with Crippen LogP contribution in [0.2, 0.25) is 0 Å². The second-order valence-electron chi connectivity index (χ2n) is 5.16. The molecule has 0 aromatic rings. The lowest BCUT2D eigenvalue weighted by Crippen LogP contribution is -2.48. The highest BCUT2D eigenvalue weighted by Crippen LogP contribution is 2.23. The standard InChI is InChI=1S/C12H20F3N3O2/c1-17(2)8-5-16-10(19)9-3-6-18(7-4-9)11(20)12(13,14)15/h9H,3-8H2,1-2H3,(H,16,19). The maximum Gasteiger partial charge on any atom is 0.471 e. The van der Waals surface area contributed by atoms with Gasteiger partial charge in [0.25, 0.3) is 0 Å². The fourth-order valence-electron chi connectivity index (χ4n) is 2.07. The number of rotatable bonds is 4. The molecular weight excluding hydrogens is 275 g/mol. The quantitative estimate of drug-likeness (QED) is 0.820. The Morgan fingerprint density at radius 1 is 1.25 bits per heavy atom. The molecule has 1 aliphatic rings. The van der Waals surface area contributed by atoms with Crippen molar-refractivity contribution < 1.29 is 22.8 Å². The lowest BCUT2D eigenvalue weighted by atomic mass is 9.96. The summed E-state index contributed by atoms with van der Waals surface area (Å²) in [6.07, 6.45) is -4.29. The lowest BCUT2D eigenvalue weighted by Gasteiger charge is -2.31. The molecule has 8 heteroatoms. The zero-order valence-electron chi connectivity index (χ0n) is 11.7. The van der Waals surface area contributed by atoms with Crippen LogP contribution in [0.3, 0.4) is 0 Å². The van der Waals surface area contributed by atoms with Crippen LogP contribution >= 0.6 is 0 Å². The van der Waals surface area contributed by atoms with Crippen molar-refractivity contribution in [2.75, 3.05) is 40.3 Å². The number of hydrogen-bond donors (Lipinski definition) is 1. The highest BCUT2D eigenvalue weighted by Gasteiger charge is 2.43. The molecule has 0 aromatic carbocycles. The number of likely N-dealkylation sites (tertiary alicyclic amines) is 1. The van der Waals surface area contributed by atoms with Crippen LogP contribution in [0.25, 0.3) is 0 Å². The molecule has 0 saturated carbocycles. The second kappa shape index (κ2) is 6.92. The van der Waals surface area contributed by atoms with E-state index in [0.717, 1.165) is 4.90 Å². The Kier molecular flexibility index (Phi) is 5.79. The number of hydrogen-bond acceptors (Lipinski definition) is 3. The fourth-order valence-corrected chi connectivity index (χ4v) is 2.07. The van der Waals surface area contributed by atoms with Gasteiger partial charge in [0.15, 0.2) is 0 Å². The van der Waals surface area contributed by atoms with Gasteiger partial charge in [-0.2, -0.15) is 13.2 Å². The molecule has 116 valence electrons. The summed E-state index contributed by atoms with van der Waals surface area (Å²) in [4.78, 5) is 25.5. The number of likely N-dealkylation sites (N-methyl/N-ethyl adjacent to an activating group) is 1. The summed E-state index contributed by atoms with van der Waals surface area (Å²) in [5.41, 5.74) is 0. The van der Waals surface area contributed by atoms with Gasteiger partial charge in [0.05, 0.1) is 0 Å². The van der Waals surface area contributed by atoms with Crippen LogP contribution < -0.4 is 5.32 Å². The summed E-state index contributed by atoms with van der Waals surface area (Å²) in [7, 11) is 3.76. The van der Waals surface area contributed by atoms with E-state index in [1.54, 1.807) is 0 Å². The summed E-state index contributed by atoms with van der Waals surface area (Å²) < 4.78 is 36.8. The van der Waals surface area contributed by atoms with Gasteiger partial charge in [-0.3, -0.25) is 9.59 Å². The average molecular weight is 295 g/mol. The van der Waals surface area contributed by atoms with Gasteiger partial charge in [0, 0.05) is 32.1 Å². The van der Waals surface area contributed by atoms with Gasteiger partial charge in [-0.05, 0) is 26.9 Å². The number of halogens is 3. The number of amides is 2. The minimum Gasteiger partial charge on any atom is -0.355 e. The maximum absolute atomic E-state index is 12.3. The van der Waals surface area contributed by atoms with Crippen LogP contribution in [0, 0.1) is 5.92 Å². The van der Waals surface area contributed by atoms with Gasteiger partial charge in [-0.1, -0.05) is 0 Å². The Morgan fingerprint density at radius 2 is 1.80 bits per heavy atom. The Labute approximate surface area is 116 Å². The van der Waals surface area contributed by atoms with Gasteiger partial charge < -0.3 is 15.1 Å². The number of nitrogens with zero attached hydrogens (tertiary/aromatic N) is 2. The van der Waals surface area contributed by atoms with Crippen molar-refractivity contribution >= 4 is 11.8 Å². The molecule has 1 N–H and O–H groups in total. The van der Waals surface area contributed by atoms with E-state index in [1.165, 1.54) is 0 Å². The molecule has 0 atom stereocenters. The Bertz CT molecular complexity index is 350. The van der Waals surface area contributed by atoms with Crippen LogP contribution in [-0.4, -0.2) is 68.1 Å². The first kappa shape index (κ1) is 16.7. The van der Waals surface area contributed by atoms with E-state index in [-0.39, 0.29) is 37.8 Å². The molecular formula is C12H20F3N3O2. The Morgan fingerprint density at radius 3 is 2.25 bits per heavy atom. The number of piperidine rings is 1. The van der Waals surface area contributed by atoms with E-state index in [4.69, 9.17) is 0 Å². The number of carbonyl (C=O) groups is 2. The Hall–Kier alpha value is -1.31. The predicted molar refractivity (Wildman–Crippen MR) is 66.9 cm³/mol. The molecule has 1 saturated heterocycles. The normalized spacial score (nSPS) is 17.4. The molecule has 1 fully saturated rings. The smallest absolute Gasteiger partial charge is 0.355 e. The summed E-state index contributed by atoms with van der Waals surface area (Å²) in [6.45, 7) is 1.17. The van der Waals surface area contributed by atoms with Crippen molar-refractivity contribution in [3.8, 4) is 0 Å². The third-order valence-corrected chi connectivity index (χ3v) is 3.25. The van der Waals surface area contributed by atoms with E-state index >= 15 is 0 Å². The first-order valence-corrected chi connectivity index (χ1v) is 6.50. The van der Waals surface area contributed by atoms with Crippen molar-refractivity contribution in [3.05, 3.63) is 0 Å². The summed E-state index contributed by atoms with van der Waals surface area (Å²) in [5.74, 6) is -2.27. The van der Waals surface area contributed by atoms with E-state index in [9.17, 15) is 22.8 Å². The molecule has 1 rings (SSSR count). The maximum atomic E-state index is 12.3. The molecule has 0 aromatic heterocycles. The zero-order valence-corrected chi connectivity index (χ0v) is 11.7. The van der Waals surface area contributed by atoms with Gasteiger partial charge in [0.2, 0.25) is 5.91 Å². The topological polar surface area (TPSA) is 52.7 Å². The third kappa shape index (κ3) is 4.99. The van der Waals surface area contributed by atoms with E-state index in [0.29, 0.717) is 13.1 Å². The molecule has 0 unspecified atom stereocenters. The van der Waals surface area contributed by atoms with Gasteiger partial charge in [0.1, 0.15) is 0 Å². The Balaban J connectivity index is 2.35. The van der Waals surface area contributed by atoms with Crippen LogP contribution in [0.15, 0.2) is 0 Å². The van der Waals surface area contributed by atoms with Crippen molar-refractivity contribution in [1.29, 1.82) is 0 Å². The summed E-state index contributed by atoms with van der Waals surface area (Å²) in [5, 5.41) is 2.75. The first-order chi connectivity index (χ1) is 9.21. The number of nitrogens with one attached hydrogen (secondary N) is 1. The molecule has 2 amide bonds. The van der Waals surface area contributed by atoms with Crippen molar-refractivity contribution in [3.63, 3.8) is 0 Å². The molecule has 0 bridgehead atoms. The van der Waals surface area contributed by atoms with Crippen LogP contribution in [0.5, 0.6) is 0 Å². The fraction of sp³-hybridized carbons (Fsp3) is 0.833. The molecule has 0 spiro atoms. The molecule has 5 nitrogen and oxygen atoms in total. The monoisotopic (exact) mass is 295 g/mol.